The first kappa shape index (κ1) is 22.6. The van der Waals surface area contributed by atoms with Crippen molar-refractivity contribution in [1.29, 1.82) is 0 Å². The quantitative estimate of drug-likeness (QED) is 0.395. The highest BCUT2D eigenvalue weighted by Gasteiger charge is 2.26. The van der Waals surface area contributed by atoms with Gasteiger partial charge in [0.2, 0.25) is 17.6 Å². The lowest BCUT2D eigenvalue weighted by atomic mass is 10.1. The number of nitrogens with zero attached hydrogens (tertiary/aromatic N) is 1. The molecule has 9 heteroatoms. The van der Waals surface area contributed by atoms with Crippen LogP contribution < -0.4 is 15.5 Å². The van der Waals surface area contributed by atoms with Gasteiger partial charge in [0.25, 0.3) is 5.91 Å². The van der Waals surface area contributed by atoms with Gasteiger partial charge < -0.3 is 15.5 Å². The fraction of sp³-hybridized carbons (Fsp3) is 0.444. The molecule has 3 N–H and O–H groups in total. The Hall–Kier alpha value is -2.45. The van der Waals surface area contributed by atoms with Crippen LogP contribution in [0.1, 0.15) is 31.4 Å². The second-order valence-corrected chi connectivity index (χ2v) is 6.36. The second-order valence-electron chi connectivity index (χ2n) is 6.14. The lowest BCUT2D eigenvalue weighted by Crippen LogP contribution is -2.47. The van der Waals surface area contributed by atoms with Crippen molar-refractivity contribution in [2.75, 3.05) is 20.6 Å². The molecule has 0 aliphatic heterocycles. The van der Waals surface area contributed by atoms with E-state index in [0.29, 0.717) is 18.4 Å². The number of rotatable bonds is 10. The van der Waals surface area contributed by atoms with Crippen molar-refractivity contribution >= 4 is 35.3 Å². The van der Waals surface area contributed by atoms with Crippen LogP contribution in [0.3, 0.4) is 0 Å². The van der Waals surface area contributed by atoms with E-state index in [4.69, 9.17) is 11.8 Å². The molecule has 2 atom stereocenters. The fourth-order valence-corrected chi connectivity index (χ4v) is 2.54. The summed E-state index contributed by atoms with van der Waals surface area (Å²) in [6, 6.07) is 7.04. The van der Waals surface area contributed by atoms with Crippen molar-refractivity contribution in [2.24, 2.45) is 0 Å². The van der Waals surface area contributed by atoms with Crippen LogP contribution in [0.4, 0.5) is 0 Å². The SMILES string of the molecule is CCCC(NCl)C(=O)C(=O)NCC(=O)N[C@H](C(=O)N(C)C)c1ccccc1. The highest BCUT2D eigenvalue weighted by Crippen LogP contribution is 2.14. The normalized spacial score (nSPS) is 12.6. The summed E-state index contributed by atoms with van der Waals surface area (Å²) in [6.07, 6.45) is 1.06. The molecule has 0 aromatic heterocycles. The summed E-state index contributed by atoms with van der Waals surface area (Å²) in [5.41, 5.74) is 0.612. The Morgan fingerprint density at radius 3 is 2.26 bits per heavy atom. The summed E-state index contributed by atoms with van der Waals surface area (Å²) >= 11 is 5.48. The van der Waals surface area contributed by atoms with Crippen molar-refractivity contribution in [1.82, 2.24) is 20.4 Å². The largest absolute Gasteiger partial charge is 0.347 e. The van der Waals surface area contributed by atoms with Crippen LogP contribution >= 0.6 is 11.8 Å². The van der Waals surface area contributed by atoms with E-state index in [1.807, 2.05) is 6.92 Å². The summed E-state index contributed by atoms with van der Waals surface area (Å²) in [4.78, 5) is 52.1. The van der Waals surface area contributed by atoms with Gasteiger partial charge in [-0.25, -0.2) is 4.84 Å². The molecular weight excluding hydrogens is 372 g/mol. The van der Waals surface area contributed by atoms with E-state index in [1.54, 1.807) is 44.4 Å². The molecule has 0 aliphatic rings. The molecule has 1 aromatic carbocycles. The molecule has 0 radical (unpaired) electrons. The first-order valence-corrected chi connectivity index (χ1v) is 8.93. The summed E-state index contributed by atoms with van der Waals surface area (Å²) in [6.45, 7) is 1.42. The molecular formula is C18H25ClN4O4. The van der Waals surface area contributed by atoms with Crippen LogP contribution in [0.25, 0.3) is 0 Å². The molecule has 1 rings (SSSR count). The molecule has 0 fully saturated rings. The van der Waals surface area contributed by atoms with Gasteiger partial charge in [0, 0.05) is 14.1 Å². The third-order valence-electron chi connectivity index (χ3n) is 3.78. The summed E-state index contributed by atoms with van der Waals surface area (Å²) in [5, 5.41) is 4.84. The van der Waals surface area contributed by atoms with Crippen LogP contribution in [0.15, 0.2) is 30.3 Å². The molecule has 0 aliphatic carbocycles. The summed E-state index contributed by atoms with van der Waals surface area (Å²) < 4.78 is 0. The van der Waals surface area contributed by atoms with E-state index in [0.717, 1.165) is 0 Å². The number of halogens is 1. The first-order chi connectivity index (χ1) is 12.8. The Bertz CT molecular complexity index is 667. The zero-order chi connectivity index (χ0) is 20.4. The van der Waals surface area contributed by atoms with Crippen LogP contribution in [0.2, 0.25) is 0 Å². The maximum atomic E-state index is 12.4. The van der Waals surface area contributed by atoms with Crippen LogP contribution in [-0.4, -0.2) is 55.1 Å². The average Bonchev–Trinajstić information content (AvgIpc) is 2.67. The molecule has 0 heterocycles. The molecule has 148 valence electrons. The van der Waals surface area contributed by atoms with E-state index in [-0.39, 0.29) is 5.91 Å². The van der Waals surface area contributed by atoms with E-state index < -0.39 is 36.2 Å². The number of nitrogens with one attached hydrogen (secondary N) is 3. The second kappa shape index (κ2) is 11.3. The van der Waals surface area contributed by atoms with Gasteiger partial charge in [-0.1, -0.05) is 43.7 Å². The van der Waals surface area contributed by atoms with Gasteiger partial charge in [-0.05, 0) is 23.8 Å². The Morgan fingerprint density at radius 2 is 1.74 bits per heavy atom. The van der Waals surface area contributed by atoms with E-state index in [2.05, 4.69) is 15.5 Å². The average molecular weight is 397 g/mol. The smallest absolute Gasteiger partial charge is 0.289 e. The van der Waals surface area contributed by atoms with Crippen LogP contribution in [-0.2, 0) is 19.2 Å². The van der Waals surface area contributed by atoms with Crippen molar-refractivity contribution in [3.8, 4) is 0 Å². The van der Waals surface area contributed by atoms with Crippen molar-refractivity contribution in [3.63, 3.8) is 0 Å². The number of hydrogen-bond acceptors (Lipinski definition) is 5. The number of hydrogen-bond donors (Lipinski definition) is 3. The van der Waals surface area contributed by atoms with Gasteiger partial charge in [-0.3, -0.25) is 19.2 Å². The van der Waals surface area contributed by atoms with Crippen LogP contribution in [0, 0.1) is 0 Å². The molecule has 27 heavy (non-hydrogen) atoms. The van der Waals surface area contributed by atoms with Crippen molar-refractivity contribution in [2.45, 2.75) is 31.8 Å². The minimum atomic E-state index is -0.910. The molecule has 0 spiro atoms. The van der Waals surface area contributed by atoms with Gasteiger partial charge in [0.15, 0.2) is 0 Å². The Morgan fingerprint density at radius 1 is 1.11 bits per heavy atom. The fourth-order valence-electron chi connectivity index (χ4n) is 2.33. The lowest BCUT2D eigenvalue weighted by molar-refractivity contribution is -0.139. The van der Waals surface area contributed by atoms with Crippen molar-refractivity contribution in [3.05, 3.63) is 35.9 Å². The summed E-state index contributed by atoms with van der Waals surface area (Å²) in [5.74, 6) is -2.56. The highest BCUT2D eigenvalue weighted by molar-refractivity contribution is 6.39. The molecule has 3 amide bonds. The molecule has 8 nitrogen and oxygen atoms in total. The minimum Gasteiger partial charge on any atom is -0.347 e. The van der Waals surface area contributed by atoms with Gasteiger partial charge in [0.1, 0.15) is 6.04 Å². The van der Waals surface area contributed by atoms with Crippen LogP contribution in [0.5, 0.6) is 0 Å². The van der Waals surface area contributed by atoms with Gasteiger partial charge in [-0.2, -0.15) is 0 Å². The zero-order valence-electron chi connectivity index (χ0n) is 15.6. The topological polar surface area (TPSA) is 108 Å². The van der Waals surface area contributed by atoms with Crippen molar-refractivity contribution < 1.29 is 19.2 Å². The monoisotopic (exact) mass is 396 g/mol. The molecule has 1 unspecified atom stereocenters. The van der Waals surface area contributed by atoms with E-state index in [9.17, 15) is 19.2 Å². The van der Waals surface area contributed by atoms with Gasteiger partial charge in [-0.15, -0.1) is 0 Å². The van der Waals surface area contributed by atoms with E-state index >= 15 is 0 Å². The predicted octanol–water partition coefficient (Wildman–Crippen LogP) is 0.530. The summed E-state index contributed by atoms with van der Waals surface area (Å²) in [7, 11) is 3.16. The maximum absolute atomic E-state index is 12.4. The van der Waals surface area contributed by atoms with Gasteiger partial charge in [0.05, 0.1) is 12.6 Å². The first-order valence-electron chi connectivity index (χ1n) is 8.55. The van der Waals surface area contributed by atoms with E-state index in [1.165, 1.54) is 4.90 Å². The molecule has 1 aromatic rings. The lowest BCUT2D eigenvalue weighted by Gasteiger charge is -2.22. The maximum Gasteiger partial charge on any atom is 0.289 e. The number of likely N-dealkylation sites (N-methyl/N-ethyl adjacent to an activating group) is 1. The number of Topliss-reactive ketones (excluding diaryl/α,β-unsaturated/α-hetero) is 1. The third kappa shape index (κ3) is 6.99. The highest BCUT2D eigenvalue weighted by atomic mass is 35.5. The number of carbonyl (C=O) groups is 4. The number of ketones is 1. The standard InChI is InChI=1S/C18H25ClN4O4/c1-4-8-13(22-19)16(25)17(26)20-11-14(24)21-15(18(27)23(2)3)12-9-6-5-7-10-12/h5-7,9-10,13,15,22H,4,8,11H2,1-3H3,(H,20,26)(H,21,24)/t13?,15-/m0/s1. The Balaban J connectivity index is 2.71. The minimum absolute atomic E-state index is 0.314. The molecule has 0 bridgehead atoms. The Kier molecular flexibility index (Phi) is 9.46. The predicted molar refractivity (Wildman–Crippen MR) is 102 cm³/mol. The number of carbonyl (C=O) groups excluding carboxylic acids is 4. The molecule has 0 saturated carbocycles. The number of benzene rings is 1. The van der Waals surface area contributed by atoms with Gasteiger partial charge >= 0.3 is 0 Å². The third-order valence-corrected chi connectivity index (χ3v) is 4.05. The zero-order valence-corrected chi connectivity index (χ0v) is 16.4. The Labute approximate surface area is 163 Å². The number of amides is 3. The molecule has 0 saturated heterocycles.